The smallest absolute Gasteiger partial charge is 0.315 e. The lowest BCUT2D eigenvalue weighted by Crippen LogP contribution is -2.51. The molecule has 2 atom stereocenters. The third-order valence-electron chi connectivity index (χ3n) is 4.29. The monoisotopic (exact) mass is 370 g/mol. The standard InChI is InChI=1S/C19H22N4O4/c1-13(18(25)20-11-16-8-5-9-27-16)21-19(26)22-14-10-17(24)23(12-14)15-6-3-2-4-7-15/h2-9,13-14H,10-12H2,1H3,(H,20,25)(H2,21,22,26)/t13-,14-/m0/s1. The van der Waals surface area contributed by atoms with Crippen LogP contribution in [0.25, 0.3) is 0 Å². The Balaban J connectivity index is 1.45. The van der Waals surface area contributed by atoms with Gasteiger partial charge in [0.25, 0.3) is 0 Å². The van der Waals surface area contributed by atoms with Crippen LogP contribution in [0.15, 0.2) is 53.1 Å². The van der Waals surface area contributed by atoms with Crippen molar-refractivity contribution in [3.05, 3.63) is 54.5 Å². The fourth-order valence-corrected chi connectivity index (χ4v) is 2.89. The van der Waals surface area contributed by atoms with E-state index in [-0.39, 0.29) is 30.8 Å². The Morgan fingerprint density at radius 2 is 2.00 bits per heavy atom. The quantitative estimate of drug-likeness (QED) is 0.715. The molecule has 0 unspecified atom stereocenters. The van der Waals surface area contributed by atoms with E-state index in [4.69, 9.17) is 4.42 Å². The number of anilines is 1. The van der Waals surface area contributed by atoms with Crippen LogP contribution >= 0.6 is 0 Å². The van der Waals surface area contributed by atoms with E-state index < -0.39 is 12.1 Å². The third kappa shape index (κ3) is 4.87. The predicted molar refractivity (Wildman–Crippen MR) is 98.9 cm³/mol. The molecule has 27 heavy (non-hydrogen) atoms. The zero-order valence-electron chi connectivity index (χ0n) is 15.0. The zero-order valence-corrected chi connectivity index (χ0v) is 15.0. The van der Waals surface area contributed by atoms with Gasteiger partial charge in [-0.2, -0.15) is 0 Å². The van der Waals surface area contributed by atoms with Gasteiger partial charge in [0, 0.05) is 18.7 Å². The molecule has 3 N–H and O–H groups in total. The summed E-state index contributed by atoms with van der Waals surface area (Å²) in [7, 11) is 0. The number of hydrogen-bond acceptors (Lipinski definition) is 4. The Labute approximate surface area is 156 Å². The summed E-state index contributed by atoms with van der Waals surface area (Å²) in [5, 5.41) is 8.02. The maximum absolute atomic E-state index is 12.2. The van der Waals surface area contributed by atoms with Gasteiger partial charge >= 0.3 is 6.03 Å². The number of para-hydroxylation sites is 1. The first-order valence-electron chi connectivity index (χ1n) is 8.75. The van der Waals surface area contributed by atoms with Gasteiger partial charge < -0.3 is 25.3 Å². The highest BCUT2D eigenvalue weighted by molar-refractivity contribution is 5.97. The van der Waals surface area contributed by atoms with Gasteiger partial charge in [0.2, 0.25) is 11.8 Å². The van der Waals surface area contributed by atoms with Crippen LogP contribution in [0.4, 0.5) is 10.5 Å². The summed E-state index contributed by atoms with van der Waals surface area (Å²) in [5.74, 6) is 0.260. The fraction of sp³-hybridized carbons (Fsp3) is 0.316. The second-order valence-electron chi connectivity index (χ2n) is 6.38. The SMILES string of the molecule is C[C@H](NC(=O)N[C@H]1CC(=O)N(c2ccccc2)C1)C(=O)NCc1ccco1. The minimum absolute atomic E-state index is 0.0456. The van der Waals surface area contributed by atoms with Crippen LogP contribution < -0.4 is 20.9 Å². The van der Waals surface area contributed by atoms with Crippen LogP contribution in [-0.2, 0) is 16.1 Å². The Kier molecular flexibility index (Phi) is 5.75. The van der Waals surface area contributed by atoms with Gasteiger partial charge in [0.05, 0.1) is 18.8 Å². The van der Waals surface area contributed by atoms with Crippen molar-refractivity contribution in [2.24, 2.45) is 0 Å². The summed E-state index contributed by atoms with van der Waals surface area (Å²) in [5.41, 5.74) is 0.804. The normalized spacial score (nSPS) is 17.4. The number of furan rings is 1. The average Bonchev–Trinajstić information content (AvgIpc) is 3.29. The van der Waals surface area contributed by atoms with Gasteiger partial charge in [-0.15, -0.1) is 0 Å². The van der Waals surface area contributed by atoms with E-state index in [1.165, 1.54) is 6.26 Å². The van der Waals surface area contributed by atoms with Crippen molar-refractivity contribution in [1.82, 2.24) is 16.0 Å². The van der Waals surface area contributed by atoms with Crippen LogP contribution in [-0.4, -0.2) is 36.5 Å². The van der Waals surface area contributed by atoms with E-state index in [0.717, 1.165) is 5.69 Å². The van der Waals surface area contributed by atoms with E-state index >= 15 is 0 Å². The van der Waals surface area contributed by atoms with Crippen molar-refractivity contribution >= 4 is 23.5 Å². The molecule has 4 amide bonds. The molecule has 8 nitrogen and oxygen atoms in total. The lowest BCUT2D eigenvalue weighted by atomic mass is 10.2. The summed E-state index contributed by atoms with van der Waals surface area (Å²) >= 11 is 0. The average molecular weight is 370 g/mol. The molecule has 1 aromatic carbocycles. The number of rotatable bonds is 6. The Bertz CT molecular complexity index is 791. The van der Waals surface area contributed by atoms with E-state index in [0.29, 0.717) is 12.3 Å². The van der Waals surface area contributed by atoms with Gasteiger partial charge in [-0.1, -0.05) is 18.2 Å². The molecule has 1 aromatic heterocycles. The predicted octanol–water partition coefficient (Wildman–Crippen LogP) is 1.39. The lowest BCUT2D eigenvalue weighted by Gasteiger charge is -2.18. The lowest BCUT2D eigenvalue weighted by molar-refractivity contribution is -0.122. The second-order valence-corrected chi connectivity index (χ2v) is 6.38. The summed E-state index contributed by atoms with van der Waals surface area (Å²) in [4.78, 5) is 38.0. The topological polar surface area (TPSA) is 104 Å². The van der Waals surface area contributed by atoms with Gasteiger partial charge in [-0.05, 0) is 31.2 Å². The van der Waals surface area contributed by atoms with Crippen LogP contribution in [0.2, 0.25) is 0 Å². The second kappa shape index (κ2) is 8.39. The molecule has 0 spiro atoms. The van der Waals surface area contributed by atoms with Crippen molar-refractivity contribution in [1.29, 1.82) is 0 Å². The molecule has 0 radical (unpaired) electrons. The molecule has 0 saturated carbocycles. The van der Waals surface area contributed by atoms with E-state index in [1.54, 1.807) is 24.0 Å². The van der Waals surface area contributed by atoms with Crippen molar-refractivity contribution in [2.75, 3.05) is 11.4 Å². The van der Waals surface area contributed by atoms with Crippen LogP contribution in [0, 0.1) is 0 Å². The van der Waals surface area contributed by atoms with Crippen molar-refractivity contribution in [3.8, 4) is 0 Å². The summed E-state index contributed by atoms with van der Waals surface area (Å²) in [6.45, 7) is 2.24. The Hall–Kier alpha value is -3.29. The molecule has 0 aliphatic carbocycles. The van der Waals surface area contributed by atoms with Gasteiger partial charge in [0.15, 0.2) is 0 Å². The number of benzene rings is 1. The highest BCUT2D eigenvalue weighted by Crippen LogP contribution is 2.20. The summed E-state index contributed by atoms with van der Waals surface area (Å²) in [6.07, 6.45) is 1.75. The molecule has 3 rings (SSSR count). The molecule has 0 bridgehead atoms. The van der Waals surface area contributed by atoms with E-state index in [2.05, 4.69) is 16.0 Å². The minimum Gasteiger partial charge on any atom is -0.467 e. The third-order valence-corrected chi connectivity index (χ3v) is 4.29. The molecule has 1 fully saturated rings. The molecule has 1 saturated heterocycles. The summed E-state index contributed by atoms with van der Waals surface area (Å²) < 4.78 is 5.14. The molecular weight excluding hydrogens is 348 g/mol. The molecular formula is C19H22N4O4. The number of nitrogens with one attached hydrogen (secondary N) is 3. The van der Waals surface area contributed by atoms with Crippen LogP contribution in [0.3, 0.4) is 0 Å². The van der Waals surface area contributed by atoms with Gasteiger partial charge in [-0.3, -0.25) is 9.59 Å². The van der Waals surface area contributed by atoms with E-state index in [9.17, 15) is 14.4 Å². The Morgan fingerprint density at radius 3 is 2.70 bits per heavy atom. The minimum atomic E-state index is -0.720. The zero-order chi connectivity index (χ0) is 19.2. The first-order chi connectivity index (χ1) is 13.0. The first-order valence-corrected chi connectivity index (χ1v) is 8.75. The van der Waals surface area contributed by atoms with E-state index in [1.807, 2.05) is 30.3 Å². The van der Waals surface area contributed by atoms with Crippen molar-refractivity contribution < 1.29 is 18.8 Å². The number of hydrogen-bond donors (Lipinski definition) is 3. The molecule has 2 aromatic rings. The molecule has 8 heteroatoms. The Morgan fingerprint density at radius 1 is 1.22 bits per heavy atom. The number of nitrogens with zero attached hydrogens (tertiary/aromatic N) is 1. The van der Waals surface area contributed by atoms with Gasteiger partial charge in [-0.25, -0.2) is 4.79 Å². The number of carbonyl (C=O) groups excluding carboxylic acids is 3. The molecule has 1 aliphatic rings. The largest absolute Gasteiger partial charge is 0.467 e. The first kappa shape index (κ1) is 18.5. The summed E-state index contributed by atoms with van der Waals surface area (Å²) in [6, 6.07) is 11.3. The molecule has 142 valence electrons. The van der Waals surface area contributed by atoms with Crippen LogP contribution in [0.1, 0.15) is 19.1 Å². The number of carbonyl (C=O) groups is 3. The van der Waals surface area contributed by atoms with Crippen LogP contribution in [0.5, 0.6) is 0 Å². The maximum Gasteiger partial charge on any atom is 0.315 e. The molecule has 2 heterocycles. The highest BCUT2D eigenvalue weighted by Gasteiger charge is 2.31. The number of amides is 4. The van der Waals surface area contributed by atoms with Crippen molar-refractivity contribution in [3.63, 3.8) is 0 Å². The van der Waals surface area contributed by atoms with Gasteiger partial charge in [0.1, 0.15) is 11.8 Å². The van der Waals surface area contributed by atoms with Crippen molar-refractivity contribution in [2.45, 2.75) is 32.0 Å². The number of urea groups is 1. The highest BCUT2D eigenvalue weighted by atomic mass is 16.3. The maximum atomic E-state index is 12.2. The molecule has 1 aliphatic heterocycles. The fourth-order valence-electron chi connectivity index (χ4n) is 2.89.